The maximum atomic E-state index is 12.3. The number of hydrogen-bond acceptors (Lipinski definition) is 3. The van der Waals surface area contributed by atoms with Crippen molar-refractivity contribution in [2.45, 2.75) is 65.4 Å². The Bertz CT molecular complexity index is 794. The fourth-order valence-electron chi connectivity index (χ4n) is 2.88. The summed E-state index contributed by atoms with van der Waals surface area (Å²) < 4.78 is 5.40. The summed E-state index contributed by atoms with van der Waals surface area (Å²) in [5.74, 6) is 3.25. The van der Waals surface area contributed by atoms with Gasteiger partial charge in [0.25, 0.3) is 0 Å². The van der Waals surface area contributed by atoms with E-state index in [1.54, 1.807) is 11.8 Å². The molecule has 0 saturated carbocycles. The highest BCUT2D eigenvalue weighted by molar-refractivity contribution is 6.83. The lowest BCUT2D eigenvalue weighted by Crippen LogP contribution is -2.41. The second kappa shape index (κ2) is 7.77. The lowest BCUT2D eigenvalue weighted by molar-refractivity contribution is -0.116. The average Bonchev–Trinajstić information content (AvgIpc) is 2.50. The topological polar surface area (TPSA) is 58.6 Å². The van der Waals surface area contributed by atoms with Crippen LogP contribution in [0.2, 0.25) is 19.6 Å². The summed E-state index contributed by atoms with van der Waals surface area (Å²) in [5.41, 5.74) is 5.44. The molecule has 1 aromatic carbocycles. The quantitative estimate of drug-likeness (QED) is 0.580. The summed E-state index contributed by atoms with van der Waals surface area (Å²) in [5, 5.41) is 2.95. The Hall–Kier alpha value is -2.26. The average molecular weight is 387 g/mol. The molecule has 2 amide bonds. The van der Waals surface area contributed by atoms with Crippen LogP contribution in [-0.2, 0) is 9.53 Å². The summed E-state index contributed by atoms with van der Waals surface area (Å²) in [6.45, 7) is 14.2. The third-order valence-corrected chi connectivity index (χ3v) is 4.86. The summed E-state index contributed by atoms with van der Waals surface area (Å²) in [6.07, 6.45) is 0.185. The first-order chi connectivity index (χ1) is 12.4. The summed E-state index contributed by atoms with van der Waals surface area (Å²) in [7, 11) is -1.49. The molecule has 1 N–H and O–H groups in total. The van der Waals surface area contributed by atoms with E-state index in [0.717, 1.165) is 16.8 Å². The van der Waals surface area contributed by atoms with Crippen LogP contribution in [0.15, 0.2) is 18.2 Å². The van der Waals surface area contributed by atoms with Gasteiger partial charge in [-0.1, -0.05) is 25.6 Å². The van der Waals surface area contributed by atoms with Crippen molar-refractivity contribution in [3.8, 4) is 11.5 Å². The first kappa shape index (κ1) is 21.0. The van der Waals surface area contributed by atoms with Crippen LogP contribution in [0.25, 0.3) is 0 Å². The number of anilines is 1. The molecule has 1 heterocycles. The van der Waals surface area contributed by atoms with Gasteiger partial charge in [-0.15, -0.1) is 5.54 Å². The van der Waals surface area contributed by atoms with E-state index in [1.165, 1.54) is 0 Å². The van der Waals surface area contributed by atoms with Crippen molar-refractivity contribution in [1.29, 1.82) is 0 Å². The van der Waals surface area contributed by atoms with Crippen molar-refractivity contribution in [2.24, 2.45) is 0 Å². The molecule has 27 heavy (non-hydrogen) atoms. The molecule has 0 bridgehead atoms. The maximum Gasteiger partial charge on any atom is 0.408 e. The molecule has 1 unspecified atom stereocenters. The van der Waals surface area contributed by atoms with E-state index in [4.69, 9.17) is 4.74 Å². The van der Waals surface area contributed by atoms with Crippen molar-refractivity contribution >= 4 is 25.8 Å². The Morgan fingerprint density at radius 2 is 1.93 bits per heavy atom. The normalized spacial score (nSPS) is 16.7. The first-order valence-corrected chi connectivity index (χ1v) is 12.8. The van der Waals surface area contributed by atoms with Crippen LogP contribution in [0.3, 0.4) is 0 Å². The van der Waals surface area contributed by atoms with E-state index < -0.39 is 19.8 Å². The molecule has 0 fully saturated rings. The molecule has 0 radical (unpaired) electrons. The first-order valence-electron chi connectivity index (χ1n) is 9.30. The molecule has 2 rings (SSSR count). The zero-order valence-electron chi connectivity index (χ0n) is 17.4. The van der Waals surface area contributed by atoms with Gasteiger partial charge in [0.15, 0.2) is 0 Å². The second-order valence-corrected chi connectivity index (χ2v) is 13.7. The smallest absolute Gasteiger partial charge is 0.408 e. The maximum absolute atomic E-state index is 12.3. The largest absolute Gasteiger partial charge is 0.444 e. The molecule has 1 atom stereocenters. The van der Waals surface area contributed by atoms with E-state index in [1.807, 2.05) is 39.0 Å². The van der Waals surface area contributed by atoms with E-state index >= 15 is 0 Å². The number of alkyl carbamates (subject to hydrolysis) is 1. The summed E-state index contributed by atoms with van der Waals surface area (Å²) in [6, 6.07) is 5.64. The van der Waals surface area contributed by atoms with Gasteiger partial charge in [0.05, 0.1) is 6.04 Å². The summed E-state index contributed by atoms with van der Waals surface area (Å²) in [4.78, 5) is 26.0. The summed E-state index contributed by atoms with van der Waals surface area (Å²) >= 11 is 0. The van der Waals surface area contributed by atoms with Gasteiger partial charge < -0.3 is 15.0 Å². The van der Waals surface area contributed by atoms with Gasteiger partial charge in [-0.05, 0) is 51.0 Å². The third kappa shape index (κ3) is 6.14. The van der Waals surface area contributed by atoms with E-state index in [9.17, 15) is 9.59 Å². The molecule has 1 aromatic rings. The number of fused-ring (bicyclic) bond motifs is 1. The number of ether oxygens (including phenoxy) is 1. The minimum Gasteiger partial charge on any atom is -0.444 e. The molecule has 0 aliphatic carbocycles. The third-order valence-electron chi connectivity index (χ3n) is 3.99. The van der Waals surface area contributed by atoms with Crippen molar-refractivity contribution in [3.63, 3.8) is 0 Å². The fourth-order valence-corrected chi connectivity index (χ4v) is 3.40. The minimum atomic E-state index is -1.49. The van der Waals surface area contributed by atoms with Gasteiger partial charge in [-0.3, -0.25) is 4.79 Å². The Kier molecular flexibility index (Phi) is 6.06. The van der Waals surface area contributed by atoms with Gasteiger partial charge in [0, 0.05) is 24.7 Å². The fraction of sp³-hybridized carbons (Fsp3) is 0.524. The van der Waals surface area contributed by atoms with Crippen molar-refractivity contribution in [1.82, 2.24) is 5.32 Å². The molecule has 1 aliphatic rings. The highest BCUT2D eigenvalue weighted by atomic mass is 28.3. The molecular formula is C21H30N2O3Si. The van der Waals surface area contributed by atoms with Crippen molar-refractivity contribution < 1.29 is 14.3 Å². The predicted molar refractivity (Wildman–Crippen MR) is 111 cm³/mol. The van der Waals surface area contributed by atoms with Crippen LogP contribution in [0.5, 0.6) is 0 Å². The number of carbonyl (C=O) groups excluding carboxylic acids is 2. The lowest BCUT2D eigenvalue weighted by Gasteiger charge is -2.34. The molecule has 1 aliphatic heterocycles. The van der Waals surface area contributed by atoms with Gasteiger partial charge in [-0.2, -0.15) is 0 Å². The predicted octanol–water partition coefficient (Wildman–Crippen LogP) is 4.24. The number of benzene rings is 1. The highest BCUT2D eigenvalue weighted by Gasteiger charge is 2.29. The number of hydrogen-bond donors (Lipinski definition) is 1. The van der Waals surface area contributed by atoms with Crippen molar-refractivity contribution in [2.75, 3.05) is 11.4 Å². The van der Waals surface area contributed by atoms with E-state index in [-0.39, 0.29) is 11.9 Å². The Balaban J connectivity index is 2.37. The van der Waals surface area contributed by atoms with Crippen LogP contribution >= 0.6 is 0 Å². The number of nitrogens with one attached hydrogen (secondary N) is 1. The molecule has 5 nitrogen and oxygen atoms in total. The number of amides is 2. The van der Waals surface area contributed by atoms with Gasteiger partial charge in [0.1, 0.15) is 13.7 Å². The van der Waals surface area contributed by atoms with Crippen LogP contribution < -0.4 is 10.2 Å². The molecule has 146 valence electrons. The Morgan fingerprint density at radius 3 is 2.48 bits per heavy atom. The van der Waals surface area contributed by atoms with E-state index in [2.05, 4.69) is 36.4 Å². The second-order valence-electron chi connectivity index (χ2n) is 8.93. The number of rotatable bonds is 1. The van der Waals surface area contributed by atoms with Crippen LogP contribution in [0, 0.1) is 11.5 Å². The van der Waals surface area contributed by atoms with E-state index in [0.29, 0.717) is 13.0 Å². The van der Waals surface area contributed by atoms with Gasteiger partial charge >= 0.3 is 6.09 Å². The van der Waals surface area contributed by atoms with Crippen LogP contribution in [-0.4, -0.2) is 32.2 Å². The number of carbonyl (C=O) groups is 2. The monoisotopic (exact) mass is 386 g/mol. The number of nitrogens with zero attached hydrogens (tertiary/aromatic N) is 1. The molecule has 0 saturated heterocycles. The highest BCUT2D eigenvalue weighted by Crippen LogP contribution is 2.35. The van der Waals surface area contributed by atoms with Gasteiger partial charge in [0.2, 0.25) is 5.91 Å². The molecule has 6 heteroatoms. The molecular weight excluding hydrogens is 356 g/mol. The lowest BCUT2D eigenvalue weighted by atomic mass is 9.94. The zero-order valence-corrected chi connectivity index (χ0v) is 18.4. The van der Waals surface area contributed by atoms with Gasteiger partial charge in [-0.25, -0.2) is 4.79 Å². The minimum absolute atomic E-state index is 0.00657. The van der Waals surface area contributed by atoms with Crippen molar-refractivity contribution in [3.05, 3.63) is 29.3 Å². The SMILES string of the molecule is CC(=O)N1CCC(NC(=O)OC(C)(C)C)c2cc(C#C[Si](C)(C)C)ccc21. The molecule has 0 spiro atoms. The Labute approximate surface area is 163 Å². The van der Waals surface area contributed by atoms with Crippen LogP contribution in [0.1, 0.15) is 51.3 Å². The molecule has 0 aromatic heterocycles. The standard InChI is InChI=1S/C21H30N2O3Si/c1-15(24)23-12-10-18(22-20(25)26-21(2,3)4)17-14-16(8-9-19(17)23)11-13-27(5,6)7/h8-9,14,18H,10,12H2,1-7H3,(H,22,25). The zero-order chi connectivity index (χ0) is 20.4. The Morgan fingerprint density at radius 1 is 1.26 bits per heavy atom. The van der Waals surface area contributed by atoms with Crippen LogP contribution in [0.4, 0.5) is 10.5 Å².